The average Bonchev–Trinajstić information content (AvgIpc) is 3.01. The average molecular weight is 1020 g/mol. The Bertz CT molecular complexity index is 4280. The van der Waals surface area contributed by atoms with Gasteiger partial charge in [0.05, 0.1) is 11.1 Å². The van der Waals surface area contributed by atoms with Gasteiger partial charge in [0, 0.05) is 33.9 Å². The van der Waals surface area contributed by atoms with E-state index >= 15 is 0 Å². The Hall–Kier alpha value is -8.92. The van der Waals surface area contributed by atoms with E-state index in [9.17, 15) is 0 Å². The lowest BCUT2D eigenvalue weighted by molar-refractivity contribution is -0.0419. The van der Waals surface area contributed by atoms with Crippen molar-refractivity contribution in [3.63, 3.8) is 0 Å². The first-order chi connectivity index (χ1) is 39.6. The van der Waals surface area contributed by atoms with E-state index in [1.807, 2.05) is 0 Å². The molecule has 11 aromatic carbocycles. The summed E-state index contributed by atoms with van der Waals surface area (Å²) in [5.41, 5.74) is 29.7. The first-order valence-electron chi connectivity index (χ1n) is 29.4. The van der Waals surface area contributed by atoms with Crippen LogP contribution in [0.4, 0.5) is 34.1 Å². The highest BCUT2D eigenvalue weighted by molar-refractivity contribution is 7.00. The molecule has 378 valence electrons. The van der Waals surface area contributed by atoms with Crippen LogP contribution in [0.25, 0.3) is 44.5 Å². The maximum absolute atomic E-state index is 2.76. The minimum Gasteiger partial charge on any atom is -0.311 e. The van der Waals surface area contributed by atoms with Gasteiger partial charge in [-0.15, -0.1) is 0 Å². The minimum atomic E-state index is -0.487. The van der Waals surface area contributed by atoms with Crippen LogP contribution in [0, 0.1) is 23.7 Å². The Morgan fingerprint density at radius 3 is 1.59 bits per heavy atom. The van der Waals surface area contributed by atoms with Gasteiger partial charge in [-0.25, -0.2) is 0 Å². The Morgan fingerprint density at radius 1 is 0.325 bits per heavy atom. The highest BCUT2D eigenvalue weighted by Gasteiger charge is 2.62. The van der Waals surface area contributed by atoms with Gasteiger partial charge in [-0.05, 0) is 199 Å². The maximum Gasteiger partial charge on any atom is 0.252 e. The van der Waals surface area contributed by atoms with E-state index in [1.165, 1.54) is 144 Å². The molecule has 4 fully saturated rings. The zero-order valence-electron chi connectivity index (χ0n) is 44.6. The van der Waals surface area contributed by atoms with Crippen LogP contribution in [0.5, 0.6) is 0 Å². The van der Waals surface area contributed by atoms with Gasteiger partial charge < -0.3 is 9.80 Å². The number of benzene rings is 11. The van der Waals surface area contributed by atoms with Crippen LogP contribution in [0.3, 0.4) is 0 Å². The number of fused-ring (bicyclic) bond motifs is 9. The van der Waals surface area contributed by atoms with Crippen molar-refractivity contribution in [2.45, 2.75) is 42.9 Å². The van der Waals surface area contributed by atoms with Crippen molar-refractivity contribution in [3.05, 3.63) is 294 Å². The number of rotatable bonds is 6. The number of para-hydroxylation sites is 3. The molecule has 3 heteroatoms. The fraction of sp³-hybridized carbons (Fsp3) is 0.143. The van der Waals surface area contributed by atoms with E-state index in [0.29, 0.717) is 11.8 Å². The molecule has 8 aliphatic rings. The fourth-order valence-electron chi connectivity index (χ4n) is 18.0. The molecule has 0 N–H and O–H groups in total. The lowest BCUT2D eigenvalue weighted by Gasteiger charge is -2.64. The third kappa shape index (κ3) is 6.00. The second-order valence-corrected chi connectivity index (χ2v) is 24.3. The predicted octanol–water partition coefficient (Wildman–Crippen LogP) is 17.2. The molecule has 80 heavy (non-hydrogen) atoms. The maximum atomic E-state index is 2.76. The van der Waals surface area contributed by atoms with Gasteiger partial charge in [-0.2, -0.15) is 0 Å². The van der Waals surface area contributed by atoms with Crippen LogP contribution in [-0.4, -0.2) is 6.71 Å². The molecule has 11 aromatic rings. The lowest BCUT2D eigenvalue weighted by atomic mass is 9.32. The van der Waals surface area contributed by atoms with Crippen molar-refractivity contribution >= 4 is 57.2 Å². The van der Waals surface area contributed by atoms with E-state index < -0.39 is 5.41 Å². The molecular formula is C77H57BN2. The van der Waals surface area contributed by atoms with Gasteiger partial charge in [0.25, 0.3) is 6.71 Å². The Morgan fingerprint density at radius 2 is 0.850 bits per heavy atom. The number of hydrogen-bond acceptors (Lipinski definition) is 2. The third-order valence-electron chi connectivity index (χ3n) is 20.7. The minimum absolute atomic E-state index is 0.0106. The van der Waals surface area contributed by atoms with Crippen LogP contribution >= 0.6 is 0 Å². The smallest absolute Gasteiger partial charge is 0.252 e. The first kappa shape index (κ1) is 45.0. The molecule has 0 amide bonds. The molecule has 19 rings (SSSR count). The van der Waals surface area contributed by atoms with Crippen LogP contribution in [0.2, 0.25) is 0 Å². The largest absolute Gasteiger partial charge is 0.311 e. The number of anilines is 6. The Kier molecular flexibility index (Phi) is 9.45. The van der Waals surface area contributed by atoms with Crippen molar-refractivity contribution in [2.24, 2.45) is 23.7 Å². The van der Waals surface area contributed by atoms with Crippen LogP contribution < -0.4 is 26.2 Å². The molecule has 3 aliphatic heterocycles. The van der Waals surface area contributed by atoms with E-state index in [4.69, 9.17) is 0 Å². The summed E-state index contributed by atoms with van der Waals surface area (Å²) in [6.07, 6.45) is 6.86. The summed E-state index contributed by atoms with van der Waals surface area (Å²) in [6, 6.07) is 100.0. The summed E-state index contributed by atoms with van der Waals surface area (Å²) in [5.74, 6) is 3.06. The summed E-state index contributed by atoms with van der Waals surface area (Å²) in [7, 11) is 0. The van der Waals surface area contributed by atoms with Crippen molar-refractivity contribution in [2.75, 3.05) is 9.80 Å². The van der Waals surface area contributed by atoms with Gasteiger partial charge >= 0.3 is 0 Å². The van der Waals surface area contributed by atoms with Gasteiger partial charge in [-0.1, -0.05) is 212 Å². The molecule has 0 aromatic heterocycles. The molecule has 4 bridgehead atoms. The summed E-state index contributed by atoms with van der Waals surface area (Å²) in [6.45, 7) is 0.0492. The zero-order chi connectivity index (χ0) is 52.3. The molecule has 2 nitrogen and oxygen atoms in total. The fourth-order valence-corrected chi connectivity index (χ4v) is 18.0. The lowest BCUT2D eigenvalue weighted by Crippen LogP contribution is -2.64. The molecule has 0 unspecified atom stereocenters. The molecule has 0 radical (unpaired) electrons. The molecule has 4 saturated carbocycles. The second-order valence-electron chi connectivity index (χ2n) is 24.3. The molecule has 0 atom stereocenters. The van der Waals surface area contributed by atoms with Gasteiger partial charge in [0.1, 0.15) is 0 Å². The van der Waals surface area contributed by atoms with Gasteiger partial charge in [0.15, 0.2) is 0 Å². The molecule has 5 aliphatic carbocycles. The first-order valence-corrected chi connectivity index (χ1v) is 29.4. The van der Waals surface area contributed by atoms with E-state index in [-0.39, 0.29) is 12.1 Å². The standard InChI is InChI=1S/C77H57BN2/c1-4-19-51(20-5-1)52-21-16-22-53(44-52)56-47-72-74-73(48-56)80-70-35-14-12-31-65(70)77(59-40-49-39-50(42-59)43-60(77)41-49)66-32-18-34-69(75(66)80)78(74)68-33-13-15-36-71(68)79(72)61-28-17-23-54(45-61)55-37-38-63-62-29-10-11-30-64(62)76(67(63)46-55,57-24-6-2-7-25-57)58-26-8-3-9-27-58/h1-38,44-50,59-60H,39-43H2. The van der Waals surface area contributed by atoms with Crippen LogP contribution in [-0.2, 0) is 10.8 Å². The van der Waals surface area contributed by atoms with E-state index in [1.54, 1.807) is 11.1 Å². The van der Waals surface area contributed by atoms with Crippen molar-refractivity contribution < 1.29 is 0 Å². The van der Waals surface area contributed by atoms with Crippen LogP contribution in [0.1, 0.15) is 65.5 Å². The normalized spacial score (nSPS) is 21.3. The van der Waals surface area contributed by atoms with E-state index in [0.717, 1.165) is 17.5 Å². The molecular weight excluding hydrogens is 964 g/mol. The summed E-state index contributed by atoms with van der Waals surface area (Å²) < 4.78 is 0. The summed E-state index contributed by atoms with van der Waals surface area (Å²) in [4.78, 5) is 5.37. The third-order valence-corrected chi connectivity index (χ3v) is 20.7. The quantitative estimate of drug-likeness (QED) is 0.153. The van der Waals surface area contributed by atoms with Gasteiger partial charge in [-0.3, -0.25) is 0 Å². The number of hydrogen-bond donors (Lipinski definition) is 0. The predicted molar refractivity (Wildman–Crippen MR) is 332 cm³/mol. The second kappa shape index (κ2) is 16.8. The monoisotopic (exact) mass is 1020 g/mol. The highest BCUT2D eigenvalue weighted by Crippen LogP contribution is 2.70. The van der Waals surface area contributed by atoms with Crippen molar-refractivity contribution in [3.8, 4) is 44.5 Å². The Labute approximate surface area is 469 Å². The van der Waals surface area contributed by atoms with E-state index in [2.05, 4.69) is 271 Å². The molecule has 3 heterocycles. The molecule has 1 spiro atoms. The topological polar surface area (TPSA) is 6.48 Å². The van der Waals surface area contributed by atoms with Crippen molar-refractivity contribution in [1.82, 2.24) is 0 Å². The highest BCUT2D eigenvalue weighted by atomic mass is 15.2. The van der Waals surface area contributed by atoms with Crippen molar-refractivity contribution in [1.29, 1.82) is 0 Å². The zero-order valence-corrected chi connectivity index (χ0v) is 44.6. The summed E-state index contributed by atoms with van der Waals surface area (Å²) in [5, 5.41) is 0. The van der Waals surface area contributed by atoms with Gasteiger partial charge in [0.2, 0.25) is 0 Å². The number of nitrogens with zero attached hydrogens (tertiary/aromatic N) is 2. The Balaban J connectivity index is 0.866. The molecule has 0 saturated heterocycles. The SMILES string of the molecule is c1ccc(-c2cccc(-c3cc4c5c(c3)N3c6ccccc6C6(c7cccc(c73)B5c3ccccc3N4c3cccc(-c4ccc5c(c4)C(c4ccccc4)(c4ccccc4)c4ccccc4-5)c3)C3CC4CC(C3)CC6C4)c2)cc1. The summed E-state index contributed by atoms with van der Waals surface area (Å²) >= 11 is 0. The van der Waals surface area contributed by atoms with Crippen LogP contribution in [0.15, 0.2) is 261 Å².